The number of rotatable bonds is 3. The maximum Gasteiger partial charge on any atom is 0.213 e. The van der Waals surface area contributed by atoms with E-state index < -0.39 is 0 Å². The van der Waals surface area contributed by atoms with Gasteiger partial charge >= 0.3 is 0 Å². The number of hydrazone groups is 1. The Bertz CT molecular complexity index is 1160. The van der Waals surface area contributed by atoms with Crippen molar-refractivity contribution in [1.82, 2.24) is 5.01 Å². The molecule has 0 bridgehead atoms. The van der Waals surface area contributed by atoms with Crippen LogP contribution >= 0.6 is 15.9 Å². The lowest BCUT2D eigenvalue weighted by molar-refractivity contribution is -0.0191. The quantitative estimate of drug-likeness (QED) is 0.396. The lowest BCUT2D eigenvalue weighted by Crippen LogP contribution is -2.33. The lowest BCUT2D eigenvalue weighted by Gasteiger charge is -2.38. The van der Waals surface area contributed by atoms with Gasteiger partial charge in [0.05, 0.1) is 18.9 Å². The highest BCUT2D eigenvalue weighted by Gasteiger charge is 2.41. The SMILES string of the molecule is COc1ccc(C2=NN3[C@H](C2)c2cc(Br)ccc2O[C@H]3c2ccc(C(C)(C)C)cc2)cc1. The van der Waals surface area contributed by atoms with E-state index in [1.165, 1.54) is 5.56 Å². The Morgan fingerprint density at radius 3 is 2.38 bits per heavy atom. The van der Waals surface area contributed by atoms with Crippen molar-refractivity contribution >= 4 is 21.6 Å². The molecule has 164 valence electrons. The van der Waals surface area contributed by atoms with Gasteiger partial charge in [-0.25, -0.2) is 5.01 Å². The molecule has 3 aromatic carbocycles. The zero-order chi connectivity index (χ0) is 22.5. The molecule has 5 heteroatoms. The Kier molecular flexibility index (Phi) is 5.25. The van der Waals surface area contributed by atoms with Crippen molar-refractivity contribution in [1.29, 1.82) is 0 Å². The molecule has 2 aliphatic rings. The average molecular weight is 491 g/mol. The smallest absolute Gasteiger partial charge is 0.213 e. The average Bonchev–Trinajstić information content (AvgIpc) is 3.24. The molecule has 0 saturated heterocycles. The fraction of sp³-hybridized carbons (Fsp3) is 0.296. The van der Waals surface area contributed by atoms with E-state index >= 15 is 0 Å². The van der Waals surface area contributed by atoms with Crippen LogP contribution in [0.2, 0.25) is 0 Å². The van der Waals surface area contributed by atoms with Gasteiger partial charge < -0.3 is 9.47 Å². The van der Waals surface area contributed by atoms with Crippen molar-refractivity contribution in [2.75, 3.05) is 7.11 Å². The first-order valence-electron chi connectivity index (χ1n) is 10.9. The first-order chi connectivity index (χ1) is 15.3. The van der Waals surface area contributed by atoms with Gasteiger partial charge in [0, 0.05) is 22.0 Å². The normalized spacial score (nSPS) is 19.7. The molecule has 0 unspecified atom stereocenters. The summed E-state index contributed by atoms with van der Waals surface area (Å²) in [6, 6.07) is 23.2. The van der Waals surface area contributed by atoms with Crippen molar-refractivity contribution in [3.8, 4) is 11.5 Å². The molecule has 2 heterocycles. The van der Waals surface area contributed by atoms with Gasteiger partial charge in [-0.2, -0.15) is 5.10 Å². The molecule has 0 saturated carbocycles. The number of nitrogens with zero attached hydrogens (tertiary/aromatic N) is 2. The van der Waals surface area contributed by atoms with Gasteiger partial charge in [-0.05, 0) is 59.0 Å². The number of hydrogen-bond acceptors (Lipinski definition) is 4. The van der Waals surface area contributed by atoms with E-state index in [0.717, 1.165) is 44.8 Å². The maximum absolute atomic E-state index is 6.51. The minimum absolute atomic E-state index is 0.112. The standard InChI is InChI=1S/C27H27BrN2O2/c1-27(2,3)19-9-5-18(6-10-19)26-30-24(22-15-20(28)11-14-25(22)32-26)16-23(29-30)17-7-12-21(31-4)13-8-17/h5-15,24,26H,16H2,1-4H3/t24-,26+/m1/s1. The molecule has 3 aromatic rings. The molecule has 32 heavy (non-hydrogen) atoms. The molecule has 0 spiro atoms. The molecular weight excluding hydrogens is 464 g/mol. The van der Waals surface area contributed by atoms with Crippen LogP contribution in [0.3, 0.4) is 0 Å². The van der Waals surface area contributed by atoms with E-state index in [1.807, 2.05) is 18.2 Å². The predicted molar refractivity (Wildman–Crippen MR) is 131 cm³/mol. The third-order valence-corrected chi connectivity index (χ3v) is 6.73. The Labute approximate surface area is 198 Å². The Morgan fingerprint density at radius 2 is 1.72 bits per heavy atom. The fourth-order valence-electron chi connectivity index (χ4n) is 4.38. The van der Waals surface area contributed by atoms with E-state index in [2.05, 4.69) is 90.2 Å². The molecule has 0 radical (unpaired) electrons. The van der Waals surface area contributed by atoms with E-state index in [9.17, 15) is 0 Å². The zero-order valence-electron chi connectivity index (χ0n) is 18.8. The highest BCUT2D eigenvalue weighted by atomic mass is 79.9. The van der Waals surface area contributed by atoms with Gasteiger partial charge in [0.2, 0.25) is 6.23 Å². The molecule has 0 aromatic heterocycles. The molecular formula is C27H27BrN2O2. The summed E-state index contributed by atoms with van der Waals surface area (Å²) in [5, 5.41) is 7.19. The summed E-state index contributed by atoms with van der Waals surface area (Å²) in [4.78, 5) is 0. The molecule has 0 fully saturated rings. The molecule has 5 rings (SSSR count). The number of fused-ring (bicyclic) bond motifs is 3. The number of halogens is 1. The van der Waals surface area contributed by atoms with Crippen LogP contribution in [-0.4, -0.2) is 17.8 Å². The van der Waals surface area contributed by atoms with Crippen LogP contribution in [0.15, 0.2) is 76.3 Å². The van der Waals surface area contributed by atoms with Gasteiger partial charge in [-0.3, -0.25) is 0 Å². The van der Waals surface area contributed by atoms with Gasteiger partial charge in [-0.15, -0.1) is 0 Å². The highest BCUT2D eigenvalue weighted by molar-refractivity contribution is 9.10. The van der Waals surface area contributed by atoms with Crippen molar-refractivity contribution in [2.24, 2.45) is 5.10 Å². The largest absolute Gasteiger partial charge is 0.497 e. The monoisotopic (exact) mass is 490 g/mol. The molecule has 4 nitrogen and oxygen atoms in total. The molecule has 0 N–H and O–H groups in total. The van der Waals surface area contributed by atoms with E-state index in [-0.39, 0.29) is 17.7 Å². The van der Waals surface area contributed by atoms with Crippen LogP contribution in [0.5, 0.6) is 11.5 Å². The number of hydrogen-bond donors (Lipinski definition) is 0. The predicted octanol–water partition coefficient (Wildman–Crippen LogP) is 7.00. The van der Waals surface area contributed by atoms with Gasteiger partial charge in [-0.1, -0.05) is 61.0 Å². The maximum atomic E-state index is 6.51. The summed E-state index contributed by atoms with van der Waals surface area (Å²) in [6.07, 6.45) is 0.564. The zero-order valence-corrected chi connectivity index (χ0v) is 20.4. The van der Waals surface area contributed by atoms with Gasteiger partial charge in [0.15, 0.2) is 0 Å². The van der Waals surface area contributed by atoms with Crippen LogP contribution < -0.4 is 9.47 Å². The number of benzene rings is 3. The van der Waals surface area contributed by atoms with Crippen LogP contribution in [0.25, 0.3) is 0 Å². The summed E-state index contributed by atoms with van der Waals surface area (Å²) in [7, 11) is 1.68. The molecule has 0 amide bonds. The van der Waals surface area contributed by atoms with Gasteiger partial charge in [0.25, 0.3) is 0 Å². The van der Waals surface area contributed by atoms with Crippen LogP contribution in [0.1, 0.15) is 61.7 Å². The van der Waals surface area contributed by atoms with E-state index in [1.54, 1.807) is 7.11 Å². The third-order valence-electron chi connectivity index (χ3n) is 6.24. The molecule has 2 atom stereocenters. The van der Waals surface area contributed by atoms with Crippen molar-refractivity contribution in [3.63, 3.8) is 0 Å². The van der Waals surface area contributed by atoms with Crippen molar-refractivity contribution in [2.45, 2.75) is 44.9 Å². The fourth-order valence-corrected chi connectivity index (χ4v) is 4.76. The minimum Gasteiger partial charge on any atom is -0.497 e. The van der Waals surface area contributed by atoms with Crippen molar-refractivity contribution < 1.29 is 9.47 Å². The highest BCUT2D eigenvalue weighted by Crippen LogP contribution is 2.48. The molecule has 0 aliphatic carbocycles. The van der Waals surface area contributed by atoms with E-state index in [0.29, 0.717) is 0 Å². The minimum atomic E-state index is -0.265. The Hall–Kier alpha value is -2.79. The second-order valence-corrected chi connectivity index (χ2v) is 10.3. The second-order valence-electron chi connectivity index (χ2n) is 9.40. The van der Waals surface area contributed by atoms with Crippen LogP contribution in [0.4, 0.5) is 0 Å². The third kappa shape index (κ3) is 3.79. The topological polar surface area (TPSA) is 34.1 Å². The van der Waals surface area contributed by atoms with Crippen molar-refractivity contribution in [3.05, 3.63) is 93.5 Å². The van der Waals surface area contributed by atoms with Crippen LogP contribution in [0, 0.1) is 0 Å². The first kappa shape index (κ1) is 21.1. The summed E-state index contributed by atoms with van der Waals surface area (Å²) in [5.74, 6) is 1.77. The van der Waals surface area contributed by atoms with Gasteiger partial charge in [0.1, 0.15) is 11.5 Å². The first-order valence-corrected chi connectivity index (χ1v) is 11.7. The second kappa shape index (κ2) is 7.96. The number of ether oxygens (including phenoxy) is 2. The lowest BCUT2D eigenvalue weighted by atomic mass is 9.86. The summed E-state index contributed by atoms with van der Waals surface area (Å²) in [5.41, 5.74) is 5.86. The van der Waals surface area contributed by atoms with Crippen LogP contribution in [-0.2, 0) is 5.41 Å². The number of methoxy groups -OCH3 is 1. The Balaban J connectivity index is 1.55. The van der Waals surface area contributed by atoms with E-state index in [4.69, 9.17) is 14.6 Å². The summed E-state index contributed by atoms with van der Waals surface area (Å²) >= 11 is 3.62. The summed E-state index contributed by atoms with van der Waals surface area (Å²) < 4.78 is 12.9. The molecule has 2 aliphatic heterocycles. The Morgan fingerprint density at radius 1 is 1.00 bits per heavy atom. The summed E-state index contributed by atoms with van der Waals surface area (Å²) in [6.45, 7) is 6.69.